The number of allylic oxidation sites excluding steroid dienone is 3. The van der Waals surface area contributed by atoms with Gasteiger partial charge in [0.25, 0.3) is 0 Å². The first-order chi connectivity index (χ1) is 9.27. The fourth-order valence-corrected chi connectivity index (χ4v) is 2.82. The van der Waals surface area contributed by atoms with Crippen LogP contribution in [0.4, 0.5) is 0 Å². The van der Waals surface area contributed by atoms with Crippen LogP contribution in [-0.4, -0.2) is 5.78 Å². The Morgan fingerprint density at radius 2 is 2.05 bits per heavy atom. The summed E-state index contributed by atoms with van der Waals surface area (Å²) in [5.41, 5.74) is 4.86. The normalized spacial score (nSPS) is 18.1. The van der Waals surface area contributed by atoms with Crippen LogP contribution in [0.3, 0.4) is 0 Å². The number of carbonyl (C=O) groups is 1. The zero-order chi connectivity index (χ0) is 15.1. The van der Waals surface area contributed by atoms with Gasteiger partial charge in [0, 0.05) is 0 Å². The van der Waals surface area contributed by atoms with Crippen molar-refractivity contribution in [1.29, 1.82) is 5.26 Å². The summed E-state index contributed by atoms with van der Waals surface area (Å²) in [4.78, 5) is 12.2. The Kier molecular flexibility index (Phi) is 3.39. The molecule has 102 valence electrons. The number of hydrogen-bond acceptors (Lipinski definition) is 2. The highest BCUT2D eigenvalue weighted by Crippen LogP contribution is 2.47. The van der Waals surface area contributed by atoms with Gasteiger partial charge >= 0.3 is 0 Å². The molecule has 1 aromatic rings. The number of carbonyl (C=O) groups excluding carboxylic acids is 1. The molecule has 20 heavy (non-hydrogen) atoms. The van der Waals surface area contributed by atoms with E-state index >= 15 is 0 Å². The van der Waals surface area contributed by atoms with Crippen LogP contribution >= 0.6 is 0 Å². The van der Waals surface area contributed by atoms with Gasteiger partial charge in [-0.05, 0) is 48.0 Å². The van der Waals surface area contributed by atoms with Crippen molar-refractivity contribution in [2.45, 2.75) is 39.5 Å². The molecule has 2 rings (SSSR count). The van der Waals surface area contributed by atoms with E-state index in [1.54, 1.807) is 6.92 Å². The largest absolute Gasteiger partial charge is 0.288 e. The number of ketones is 1. The number of Topliss-reactive ketones (excluding diaryl/α,β-unsaturated/α-hetero) is 1. The fraction of sp³-hybridized carbons (Fsp3) is 0.333. The molecule has 0 heterocycles. The molecule has 0 bridgehead atoms. The summed E-state index contributed by atoms with van der Waals surface area (Å²) in [5, 5.41) is 9.40. The Morgan fingerprint density at radius 3 is 2.60 bits per heavy atom. The van der Waals surface area contributed by atoms with E-state index in [1.165, 1.54) is 5.56 Å². The first-order valence-corrected chi connectivity index (χ1v) is 6.73. The molecular weight excluding hydrogens is 246 g/mol. The second-order valence-electron chi connectivity index (χ2n) is 6.18. The monoisotopic (exact) mass is 265 g/mol. The lowest BCUT2D eigenvalue weighted by Gasteiger charge is -2.18. The lowest BCUT2D eigenvalue weighted by Crippen LogP contribution is -2.12. The maximum Gasteiger partial charge on any atom is 0.198 e. The van der Waals surface area contributed by atoms with Gasteiger partial charge in [0.15, 0.2) is 5.78 Å². The molecule has 0 atom stereocenters. The van der Waals surface area contributed by atoms with Crippen molar-refractivity contribution in [3.63, 3.8) is 0 Å². The average Bonchev–Trinajstić information content (AvgIpc) is 2.61. The van der Waals surface area contributed by atoms with Crippen molar-refractivity contribution in [1.82, 2.24) is 0 Å². The van der Waals surface area contributed by atoms with Gasteiger partial charge < -0.3 is 0 Å². The van der Waals surface area contributed by atoms with Crippen molar-refractivity contribution < 1.29 is 4.79 Å². The highest BCUT2D eigenvalue weighted by molar-refractivity contribution is 6.15. The Morgan fingerprint density at radius 1 is 1.40 bits per heavy atom. The number of fused-ring (bicyclic) bond motifs is 1. The number of hydrogen-bond donors (Lipinski definition) is 0. The molecule has 0 radical (unpaired) electrons. The Bertz CT molecular complexity index is 684. The quantitative estimate of drug-likeness (QED) is 0.596. The molecule has 0 spiro atoms. The van der Waals surface area contributed by atoms with E-state index in [1.807, 2.05) is 6.92 Å². The minimum absolute atomic E-state index is 0.0458. The minimum Gasteiger partial charge on any atom is -0.288 e. The maximum atomic E-state index is 12.2. The third-order valence-electron chi connectivity index (χ3n) is 3.88. The Hall–Kier alpha value is -2.14. The van der Waals surface area contributed by atoms with Crippen molar-refractivity contribution in [3.8, 4) is 6.07 Å². The third-order valence-corrected chi connectivity index (χ3v) is 3.88. The van der Waals surface area contributed by atoms with E-state index in [2.05, 4.69) is 44.7 Å². The molecule has 0 amide bonds. The molecule has 0 N–H and O–H groups in total. The first-order valence-electron chi connectivity index (χ1n) is 6.73. The van der Waals surface area contributed by atoms with Crippen LogP contribution in [0.1, 0.15) is 43.9 Å². The molecule has 0 fully saturated rings. The van der Waals surface area contributed by atoms with Crippen LogP contribution in [-0.2, 0) is 10.2 Å². The van der Waals surface area contributed by atoms with E-state index in [-0.39, 0.29) is 16.8 Å². The molecular formula is C18H19NO. The molecule has 0 saturated carbocycles. The summed E-state index contributed by atoms with van der Waals surface area (Å²) in [5.74, 6) is -0.243. The van der Waals surface area contributed by atoms with Crippen molar-refractivity contribution >= 4 is 11.4 Å². The van der Waals surface area contributed by atoms with Gasteiger partial charge in [-0.25, -0.2) is 0 Å². The number of nitrogens with zero attached hydrogens (tertiary/aromatic N) is 1. The molecule has 1 aromatic carbocycles. The molecule has 0 aliphatic heterocycles. The zero-order valence-corrected chi connectivity index (χ0v) is 12.5. The molecule has 0 aromatic heterocycles. The molecule has 1 aliphatic rings. The Balaban J connectivity index is 2.73. The standard InChI is InChI=1S/C18H19NO/c1-11(2)17(20)15(10-19)14-9-18(4,5)16-7-6-12(3)8-13(14)16/h6-8H,1,9H2,2-5H3/b15-14+. The lowest BCUT2D eigenvalue weighted by atomic mass is 9.86. The van der Waals surface area contributed by atoms with E-state index in [0.29, 0.717) is 12.0 Å². The predicted octanol–water partition coefficient (Wildman–Crippen LogP) is 4.10. The highest BCUT2D eigenvalue weighted by atomic mass is 16.1. The summed E-state index contributed by atoms with van der Waals surface area (Å²) in [6.45, 7) is 11.6. The van der Waals surface area contributed by atoms with Crippen molar-refractivity contribution in [3.05, 3.63) is 52.6 Å². The smallest absolute Gasteiger partial charge is 0.198 e. The minimum atomic E-state index is -0.243. The average molecular weight is 265 g/mol. The molecule has 2 nitrogen and oxygen atoms in total. The van der Waals surface area contributed by atoms with Gasteiger partial charge in [-0.3, -0.25) is 4.79 Å². The first kappa shape index (κ1) is 14.3. The second kappa shape index (κ2) is 4.76. The fourth-order valence-electron chi connectivity index (χ4n) is 2.82. The number of nitriles is 1. The third kappa shape index (κ3) is 2.20. The van der Waals surface area contributed by atoms with Crippen molar-refractivity contribution in [2.24, 2.45) is 0 Å². The van der Waals surface area contributed by atoms with Gasteiger partial charge in [0.1, 0.15) is 11.6 Å². The van der Waals surface area contributed by atoms with Crippen LogP contribution in [0, 0.1) is 18.3 Å². The summed E-state index contributed by atoms with van der Waals surface area (Å²) >= 11 is 0. The number of benzene rings is 1. The predicted molar refractivity (Wildman–Crippen MR) is 81.2 cm³/mol. The van der Waals surface area contributed by atoms with E-state index < -0.39 is 0 Å². The SMILES string of the molecule is C=C(C)C(=O)/C(C#N)=C1\CC(C)(C)c2ccc(C)cc21. The van der Waals surface area contributed by atoms with Gasteiger partial charge in [-0.1, -0.05) is 44.2 Å². The van der Waals surface area contributed by atoms with Gasteiger partial charge in [0.2, 0.25) is 0 Å². The molecule has 0 unspecified atom stereocenters. The zero-order valence-electron chi connectivity index (χ0n) is 12.5. The highest BCUT2D eigenvalue weighted by Gasteiger charge is 2.35. The van der Waals surface area contributed by atoms with E-state index in [9.17, 15) is 10.1 Å². The van der Waals surface area contributed by atoms with Crippen molar-refractivity contribution in [2.75, 3.05) is 0 Å². The van der Waals surface area contributed by atoms with Crippen LogP contribution in [0.2, 0.25) is 0 Å². The van der Waals surface area contributed by atoms with E-state index in [4.69, 9.17) is 0 Å². The molecule has 1 aliphatic carbocycles. The van der Waals surface area contributed by atoms with Gasteiger partial charge in [-0.2, -0.15) is 5.26 Å². The van der Waals surface area contributed by atoms with Crippen LogP contribution < -0.4 is 0 Å². The topological polar surface area (TPSA) is 40.9 Å². The summed E-state index contributed by atoms with van der Waals surface area (Å²) in [6.07, 6.45) is 0.716. The second-order valence-corrected chi connectivity index (χ2v) is 6.18. The Labute approximate surface area is 120 Å². The van der Waals surface area contributed by atoms with Crippen LogP contribution in [0.25, 0.3) is 5.57 Å². The van der Waals surface area contributed by atoms with Gasteiger partial charge in [-0.15, -0.1) is 0 Å². The van der Waals surface area contributed by atoms with Crippen LogP contribution in [0.15, 0.2) is 35.9 Å². The lowest BCUT2D eigenvalue weighted by molar-refractivity contribution is -0.111. The summed E-state index contributed by atoms with van der Waals surface area (Å²) in [6, 6.07) is 8.35. The van der Waals surface area contributed by atoms with E-state index in [0.717, 1.165) is 16.7 Å². The molecule has 0 saturated heterocycles. The number of aryl methyl sites for hydroxylation is 1. The van der Waals surface area contributed by atoms with Gasteiger partial charge in [0.05, 0.1) is 0 Å². The molecule has 2 heteroatoms. The summed E-state index contributed by atoms with van der Waals surface area (Å²) in [7, 11) is 0. The summed E-state index contributed by atoms with van der Waals surface area (Å²) < 4.78 is 0. The van der Waals surface area contributed by atoms with Crippen LogP contribution in [0.5, 0.6) is 0 Å². The maximum absolute atomic E-state index is 12.2. The number of rotatable bonds is 2.